The highest BCUT2D eigenvalue weighted by Crippen LogP contribution is 2.27. The summed E-state index contributed by atoms with van der Waals surface area (Å²) in [5, 5.41) is 3.92. The Morgan fingerprint density at radius 1 is 1.28 bits per heavy atom. The molecule has 2 rings (SSSR count). The van der Waals surface area contributed by atoms with Gasteiger partial charge in [-0.05, 0) is 38.0 Å². The summed E-state index contributed by atoms with van der Waals surface area (Å²) in [4.78, 5) is 18.4. The average Bonchev–Trinajstić information content (AvgIpc) is 2.61. The smallest absolute Gasteiger partial charge is 0.317 e. The highest BCUT2D eigenvalue weighted by molar-refractivity contribution is 5.87. The van der Waals surface area contributed by atoms with Crippen LogP contribution in [0.1, 0.15) is 25.8 Å². The Kier molecular flexibility index (Phi) is 6.20. The number of rotatable bonds is 7. The number of benzene rings is 1. The van der Waals surface area contributed by atoms with E-state index in [1.165, 1.54) is 0 Å². The van der Waals surface area contributed by atoms with Crippen LogP contribution in [0.3, 0.4) is 0 Å². The monoisotopic (exact) mass is 345 g/mol. The Balaban J connectivity index is 2.04. The van der Waals surface area contributed by atoms with E-state index >= 15 is 0 Å². The van der Waals surface area contributed by atoms with Crippen LogP contribution < -0.4 is 10.1 Å². The standard InChI is InChI=1S/C19H27N3O3/c1-19(2,25-5)10-12-21-18(23)22(3)13-14-8-9-16(24-4)17-15(14)7-6-11-20-17/h6-9,11H,10,12-13H2,1-5H3,(H,21,23). The zero-order valence-corrected chi connectivity index (χ0v) is 15.6. The predicted molar refractivity (Wildman–Crippen MR) is 98.9 cm³/mol. The van der Waals surface area contributed by atoms with Crippen LogP contribution in [0.5, 0.6) is 5.75 Å². The van der Waals surface area contributed by atoms with Crippen molar-refractivity contribution >= 4 is 16.9 Å². The largest absolute Gasteiger partial charge is 0.494 e. The molecule has 0 radical (unpaired) electrons. The van der Waals surface area contributed by atoms with Crippen molar-refractivity contribution in [3.8, 4) is 5.75 Å². The minimum Gasteiger partial charge on any atom is -0.494 e. The maximum Gasteiger partial charge on any atom is 0.317 e. The number of fused-ring (bicyclic) bond motifs is 1. The number of nitrogens with one attached hydrogen (secondary N) is 1. The maximum absolute atomic E-state index is 12.3. The summed E-state index contributed by atoms with van der Waals surface area (Å²) in [6.45, 7) is 5.05. The molecule has 2 amide bonds. The normalized spacial score (nSPS) is 11.4. The lowest BCUT2D eigenvalue weighted by Gasteiger charge is -2.24. The molecule has 0 saturated carbocycles. The van der Waals surface area contributed by atoms with Gasteiger partial charge in [-0.3, -0.25) is 4.98 Å². The molecule has 0 spiro atoms. The fourth-order valence-corrected chi connectivity index (χ4v) is 2.54. The van der Waals surface area contributed by atoms with Crippen LogP contribution in [0.15, 0.2) is 30.5 Å². The van der Waals surface area contributed by atoms with Gasteiger partial charge in [0.05, 0.1) is 12.7 Å². The summed E-state index contributed by atoms with van der Waals surface area (Å²) in [5.41, 5.74) is 1.58. The summed E-state index contributed by atoms with van der Waals surface area (Å²) < 4.78 is 10.7. The molecule has 0 bridgehead atoms. The second kappa shape index (κ2) is 8.16. The summed E-state index contributed by atoms with van der Waals surface area (Å²) in [7, 11) is 5.09. The van der Waals surface area contributed by atoms with Crippen molar-refractivity contribution in [3.05, 3.63) is 36.0 Å². The molecule has 6 nitrogen and oxygen atoms in total. The van der Waals surface area contributed by atoms with Gasteiger partial charge in [0.2, 0.25) is 0 Å². The number of amides is 2. The first-order valence-electron chi connectivity index (χ1n) is 8.32. The number of ether oxygens (including phenoxy) is 2. The molecule has 1 aromatic carbocycles. The van der Waals surface area contributed by atoms with Crippen LogP contribution in [0.2, 0.25) is 0 Å². The van der Waals surface area contributed by atoms with Gasteiger partial charge in [0.1, 0.15) is 11.3 Å². The molecule has 0 unspecified atom stereocenters. The van der Waals surface area contributed by atoms with Gasteiger partial charge in [-0.1, -0.05) is 12.1 Å². The summed E-state index contributed by atoms with van der Waals surface area (Å²) in [6, 6.07) is 7.63. The fourth-order valence-electron chi connectivity index (χ4n) is 2.54. The molecule has 1 N–H and O–H groups in total. The molecule has 0 atom stereocenters. The Morgan fingerprint density at radius 2 is 2.04 bits per heavy atom. The predicted octanol–water partition coefficient (Wildman–Crippen LogP) is 3.20. The lowest BCUT2D eigenvalue weighted by Crippen LogP contribution is -2.39. The number of urea groups is 1. The van der Waals surface area contributed by atoms with Crippen LogP contribution in [0, 0.1) is 0 Å². The van der Waals surface area contributed by atoms with Crippen molar-refractivity contribution in [1.82, 2.24) is 15.2 Å². The Labute approximate surface area is 149 Å². The van der Waals surface area contributed by atoms with Crippen molar-refractivity contribution in [2.75, 3.05) is 27.8 Å². The first-order valence-corrected chi connectivity index (χ1v) is 8.32. The van der Waals surface area contributed by atoms with Crippen molar-refractivity contribution < 1.29 is 14.3 Å². The van der Waals surface area contributed by atoms with Gasteiger partial charge < -0.3 is 19.7 Å². The van der Waals surface area contributed by atoms with E-state index in [2.05, 4.69) is 10.3 Å². The van der Waals surface area contributed by atoms with Gasteiger partial charge in [-0.2, -0.15) is 0 Å². The van der Waals surface area contributed by atoms with Crippen molar-refractivity contribution in [1.29, 1.82) is 0 Å². The number of pyridine rings is 1. The third-order valence-electron chi connectivity index (χ3n) is 4.35. The van der Waals surface area contributed by atoms with Crippen LogP contribution >= 0.6 is 0 Å². The Morgan fingerprint density at radius 3 is 2.72 bits per heavy atom. The summed E-state index contributed by atoms with van der Waals surface area (Å²) in [6.07, 6.45) is 2.49. The van der Waals surface area contributed by atoms with Crippen molar-refractivity contribution in [2.24, 2.45) is 0 Å². The Bertz CT molecular complexity index is 731. The minimum absolute atomic E-state index is 0.111. The Hall–Kier alpha value is -2.34. The van der Waals surface area contributed by atoms with E-state index in [0.29, 0.717) is 13.1 Å². The maximum atomic E-state index is 12.3. The number of carbonyl (C=O) groups excluding carboxylic acids is 1. The van der Waals surface area contributed by atoms with E-state index in [-0.39, 0.29) is 11.6 Å². The van der Waals surface area contributed by atoms with Crippen LogP contribution in [-0.4, -0.2) is 49.3 Å². The van der Waals surface area contributed by atoms with Gasteiger partial charge >= 0.3 is 6.03 Å². The molecule has 0 aliphatic carbocycles. The summed E-state index contributed by atoms with van der Waals surface area (Å²) in [5.74, 6) is 0.730. The number of hydrogen-bond donors (Lipinski definition) is 1. The van der Waals surface area contributed by atoms with Gasteiger partial charge in [0.15, 0.2) is 0 Å². The molecular weight excluding hydrogens is 318 g/mol. The molecule has 0 saturated heterocycles. The number of nitrogens with zero attached hydrogens (tertiary/aromatic N) is 2. The number of carbonyl (C=O) groups is 1. The molecule has 0 aliphatic heterocycles. The number of aromatic nitrogens is 1. The average molecular weight is 345 g/mol. The zero-order valence-electron chi connectivity index (χ0n) is 15.6. The second-order valence-corrected chi connectivity index (χ2v) is 6.63. The van der Waals surface area contributed by atoms with Crippen LogP contribution in [0.4, 0.5) is 4.79 Å². The van der Waals surface area contributed by atoms with Gasteiger partial charge in [0.25, 0.3) is 0 Å². The lowest BCUT2D eigenvalue weighted by atomic mass is 10.1. The molecule has 1 aromatic heterocycles. The molecule has 0 aliphatic rings. The molecule has 0 fully saturated rings. The summed E-state index contributed by atoms with van der Waals surface area (Å²) >= 11 is 0. The minimum atomic E-state index is -0.246. The van der Waals surface area contributed by atoms with Gasteiger partial charge in [-0.25, -0.2) is 4.79 Å². The van der Waals surface area contributed by atoms with Crippen molar-refractivity contribution in [3.63, 3.8) is 0 Å². The van der Waals surface area contributed by atoms with Crippen LogP contribution in [-0.2, 0) is 11.3 Å². The highest BCUT2D eigenvalue weighted by atomic mass is 16.5. The molecular formula is C19H27N3O3. The molecule has 136 valence electrons. The lowest BCUT2D eigenvalue weighted by molar-refractivity contribution is 0.0162. The van der Waals surface area contributed by atoms with E-state index in [4.69, 9.17) is 9.47 Å². The third-order valence-corrected chi connectivity index (χ3v) is 4.35. The number of hydrogen-bond acceptors (Lipinski definition) is 4. The number of methoxy groups -OCH3 is 2. The SMILES string of the molecule is COc1ccc(CN(C)C(=O)NCCC(C)(C)OC)c2cccnc12. The zero-order chi connectivity index (χ0) is 18.4. The molecule has 2 aromatic rings. The fraction of sp³-hybridized carbons (Fsp3) is 0.474. The quantitative estimate of drug-likeness (QED) is 0.837. The third kappa shape index (κ3) is 4.82. The van der Waals surface area contributed by atoms with E-state index < -0.39 is 0 Å². The second-order valence-electron chi connectivity index (χ2n) is 6.63. The van der Waals surface area contributed by atoms with E-state index in [9.17, 15) is 4.79 Å². The highest BCUT2D eigenvalue weighted by Gasteiger charge is 2.17. The molecule has 1 heterocycles. The first kappa shape index (κ1) is 19.0. The van der Waals surface area contributed by atoms with E-state index in [1.807, 2.05) is 38.1 Å². The topological polar surface area (TPSA) is 63.7 Å². The van der Waals surface area contributed by atoms with E-state index in [0.717, 1.165) is 28.6 Å². The first-order chi connectivity index (χ1) is 11.9. The van der Waals surface area contributed by atoms with Gasteiger partial charge in [0, 0.05) is 38.8 Å². The van der Waals surface area contributed by atoms with Crippen molar-refractivity contribution in [2.45, 2.75) is 32.4 Å². The molecule has 25 heavy (non-hydrogen) atoms. The van der Waals surface area contributed by atoms with Crippen LogP contribution in [0.25, 0.3) is 10.9 Å². The molecule has 6 heteroatoms. The van der Waals surface area contributed by atoms with Gasteiger partial charge in [-0.15, -0.1) is 0 Å². The van der Waals surface area contributed by atoms with E-state index in [1.54, 1.807) is 32.4 Å².